The molecule has 2 rings (SSSR count). The van der Waals surface area contributed by atoms with E-state index in [-0.39, 0.29) is 11.8 Å². The molecular weight excluding hydrogens is 236 g/mol. The summed E-state index contributed by atoms with van der Waals surface area (Å²) in [7, 11) is 0. The first-order valence-electron chi connectivity index (χ1n) is 7.40. The van der Waals surface area contributed by atoms with Crippen LogP contribution in [0.25, 0.3) is 0 Å². The number of hydrogen-bond donors (Lipinski definition) is 1. The molecule has 0 unspecified atom stereocenters. The summed E-state index contributed by atoms with van der Waals surface area (Å²) in [5.74, 6) is 0.428. The molecule has 3 heteroatoms. The standard InChI is InChI=1S/C16H24N2O/c1-2-3-12-18(15-9-5-4-6-10-15)16(19)14-8-7-11-17-13-14/h4-6,9-10,14,17H,2-3,7-8,11-13H2,1H3/t14-/m0/s1. The summed E-state index contributed by atoms with van der Waals surface area (Å²) in [6, 6.07) is 10.1. The van der Waals surface area contributed by atoms with Crippen molar-refractivity contribution in [2.24, 2.45) is 5.92 Å². The van der Waals surface area contributed by atoms with Gasteiger partial charge in [-0.3, -0.25) is 4.79 Å². The maximum absolute atomic E-state index is 12.7. The van der Waals surface area contributed by atoms with Crippen LogP contribution in [-0.2, 0) is 4.79 Å². The lowest BCUT2D eigenvalue weighted by Crippen LogP contribution is -2.43. The lowest BCUT2D eigenvalue weighted by molar-refractivity contribution is -0.122. The van der Waals surface area contributed by atoms with Crippen LogP contribution < -0.4 is 10.2 Å². The Hall–Kier alpha value is -1.35. The largest absolute Gasteiger partial charge is 0.316 e. The van der Waals surface area contributed by atoms with Crippen molar-refractivity contribution < 1.29 is 4.79 Å². The summed E-state index contributed by atoms with van der Waals surface area (Å²) in [5.41, 5.74) is 1.03. The monoisotopic (exact) mass is 260 g/mol. The Kier molecular flexibility index (Phi) is 5.40. The van der Waals surface area contributed by atoms with Gasteiger partial charge in [0.1, 0.15) is 0 Å². The molecule has 1 fully saturated rings. The molecule has 0 aliphatic carbocycles. The van der Waals surface area contributed by atoms with Gasteiger partial charge in [-0.25, -0.2) is 0 Å². The summed E-state index contributed by atoms with van der Waals surface area (Å²) in [6.45, 7) is 4.87. The SMILES string of the molecule is CCCCN(C(=O)[C@H]1CCCNC1)c1ccccc1. The van der Waals surface area contributed by atoms with Crippen LogP contribution >= 0.6 is 0 Å². The van der Waals surface area contributed by atoms with E-state index >= 15 is 0 Å². The molecule has 1 atom stereocenters. The van der Waals surface area contributed by atoms with Gasteiger partial charge in [0.15, 0.2) is 0 Å². The van der Waals surface area contributed by atoms with Crippen molar-refractivity contribution in [3.63, 3.8) is 0 Å². The van der Waals surface area contributed by atoms with Crippen LogP contribution in [0.5, 0.6) is 0 Å². The highest BCUT2D eigenvalue weighted by Crippen LogP contribution is 2.20. The Balaban J connectivity index is 2.10. The Morgan fingerprint density at radius 2 is 2.16 bits per heavy atom. The first kappa shape index (κ1) is 14.1. The number of carbonyl (C=O) groups is 1. The smallest absolute Gasteiger partial charge is 0.231 e. The van der Waals surface area contributed by atoms with E-state index in [0.717, 1.165) is 51.0 Å². The van der Waals surface area contributed by atoms with Crippen LogP contribution in [0.1, 0.15) is 32.6 Å². The van der Waals surface area contributed by atoms with E-state index in [2.05, 4.69) is 12.2 Å². The van der Waals surface area contributed by atoms with E-state index in [1.807, 2.05) is 35.2 Å². The van der Waals surface area contributed by atoms with E-state index in [0.29, 0.717) is 0 Å². The van der Waals surface area contributed by atoms with Crippen molar-refractivity contribution in [2.45, 2.75) is 32.6 Å². The van der Waals surface area contributed by atoms with Crippen molar-refractivity contribution in [1.82, 2.24) is 5.32 Å². The molecule has 3 nitrogen and oxygen atoms in total. The van der Waals surface area contributed by atoms with E-state index < -0.39 is 0 Å². The fourth-order valence-corrected chi connectivity index (χ4v) is 2.57. The molecule has 0 spiro atoms. The van der Waals surface area contributed by atoms with Crippen LogP contribution in [0.4, 0.5) is 5.69 Å². The average Bonchev–Trinajstić information content (AvgIpc) is 2.49. The molecule has 1 aliphatic heterocycles. The molecule has 0 radical (unpaired) electrons. The first-order valence-corrected chi connectivity index (χ1v) is 7.40. The zero-order valence-corrected chi connectivity index (χ0v) is 11.8. The number of para-hydroxylation sites is 1. The van der Waals surface area contributed by atoms with Crippen molar-refractivity contribution in [1.29, 1.82) is 0 Å². The van der Waals surface area contributed by atoms with Gasteiger partial charge >= 0.3 is 0 Å². The van der Waals surface area contributed by atoms with Gasteiger partial charge in [0, 0.05) is 18.8 Å². The quantitative estimate of drug-likeness (QED) is 0.883. The number of nitrogens with zero attached hydrogens (tertiary/aromatic N) is 1. The Labute approximate surface area is 116 Å². The molecule has 1 heterocycles. The molecule has 104 valence electrons. The third-order valence-electron chi connectivity index (χ3n) is 3.72. The highest BCUT2D eigenvalue weighted by molar-refractivity contribution is 5.95. The lowest BCUT2D eigenvalue weighted by Gasteiger charge is -2.29. The van der Waals surface area contributed by atoms with Gasteiger partial charge in [-0.05, 0) is 37.9 Å². The Morgan fingerprint density at radius 1 is 1.37 bits per heavy atom. The normalized spacial score (nSPS) is 19.1. The first-order chi connectivity index (χ1) is 9.33. The molecule has 19 heavy (non-hydrogen) atoms. The number of hydrogen-bond acceptors (Lipinski definition) is 2. The number of piperidine rings is 1. The molecular formula is C16H24N2O. The van der Waals surface area contributed by atoms with E-state index in [1.54, 1.807) is 0 Å². The molecule has 0 saturated carbocycles. The Bertz CT molecular complexity index is 385. The van der Waals surface area contributed by atoms with E-state index in [1.165, 1.54) is 0 Å². The highest BCUT2D eigenvalue weighted by Gasteiger charge is 2.26. The summed E-state index contributed by atoms with van der Waals surface area (Å²) >= 11 is 0. The third-order valence-corrected chi connectivity index (χ3v) is 3.72. The van der Waals surface area contributed by atoms with Crippen LogP contribution in [0.2, 0.25) is 0 Å². The minimum absolute atomic E-state index is 0.144. The highest BCUT2D eigenvalue weighted by atomic mass is 16.2. The number of nitrogens with one attached hydrogen (secondary N) is 1. The fourth-order valence-electron chi connectivity index (χ4n) is 2.57. The van der Waals surface area contributed by atoms with Crippen molar-refractivity contribution in [2.75, 3.05) is 24.5 Å². The summed E-state index contributed by atoms with van der Waals surface area (Å²) in [4.78, 5) is 14.7. The number of anilines is 1. The third kappa shape index (κ3) is 3.80. The number of amides is 1. The van der Waals surface area contributed by atoms with Gasteiger partial charge in [-0.15, -0.1) is 0 Å². The average molecular weight is 260 g/mol. The summed E-state index contributed by atoms with van der Waals surface area (Å²) in [6.07, 6.45) is 4.29. The van der Waals surface area contributed by atoms with Gasteiger partial charge in [-0.2, -0.15) is 0 Å². The molecule has 1 aromatic rings. The number of benzene rings is 1. The van der Waals surface area contributed by atoms with Gasteiger partial charge in [-0.1, -0.05) is 31.5 Å². The molecule has 1 amide bonds. The zero-order valence-electron chi connectivity index (χ0n) is 11.8. The molecule has 1 aromatic carbocycles. The van der Waals surface area contributed by atoms with Crippen molar-refractivity contribution >= 4 is 11.6 Å². The predicted molar refractivity (Wildman–Crippen MR) is 79.3 cm³/mol. The Morgan fingerprint density at radius 3 is 2.79 bits per heavy atom. The van der Waals surface area contributed by atoms with E-state index in [9.17, 15) is 4.79 Å². The van der Waals surface area contributed by atoms with Gasteiger partial charge in [0.2, 0.25) is 5.91 Å². The molecule has 0 aromatic heterocycles. The van der Waals surface area contributed by atoms with Crippen LogP contribution in [-0.4, -0.2) is 25.5 Å². The van der Waals surface area contributed by atoms with Crippen molar-refractivity contribution in [3.05, 3.63) is 30.3 Å². The van der Waals surface area contributed by atoms with Gasteiger partial charge in [0.25, 0.3) is 0 Å². The molecule has 1 saturated heterocycles. The number of rotatable bonds is 5. The van der Waals surface area contributed by atoms with Crippen LogP contribution in [0, 0.1) is 5.92 Å². The van der Waals surface area contributed by atoms with Crippen molar-refractivity contribution in [3.8, 4) is 0 Å². The predicted octanol–water partition coefficient (Wildman–Crippen LogP) is 2.82. The maximum Gasteiger partial charge on any atom is 0.231 e. The second-order valence-corrected chi connectivity index (χ2v) is 5.22. The van der Waals surface area contributed by atoms with Crippen LogP contribution in [0.15, 0.2) is 30.3 Å². The number of unbranched alkanes of at least 4 members (excludes halogenated alkanes) is 1. The second kappa shape index (κ2) is 7.29. The molecule has 0 bridgehead atoms. The minimum atomic E-state index is 0.144. The zero-order chi connectivity index (χ0) is 13.5. The topological polar surface area (TPSA) is 32.3 Å². The van der Waals surface area contributed by atoms with Gasteiger partial charge < -0.3 is 10.2 Å². The summed E-state index contributed by atoms with van der Waals surface area (Å²) in [5, 5.41) is 3.33. The number of carbonyl (C=O) groups excluding carboxylic acids is 1. The summed E-state index contributed by atoms with van der Waals surface area (Å²) < 4.78 is 0. The maximum atomic E-state index is 12.7. The van der Waals surface area contributed by atoms with Gasteiger partial charge in [0.05, 0.1) is 5.92 Å². The second-order valence-electron chi connectivity index (χ2n) is 5.22. The van der Waals surface area contributed by atoms with E-state index in [4.69, 9.17) is 0 Å². The molecule has 1 N–H and O–H groups in total. The fraction of sp³-hybridized carbons (Fsp3) is 0.562. The lowest BCUT2D eigenvalue weighted by atomic mass is 9.97. The minimum Gasteiger partial charge on any atom is -0.316 e. The van der Waals surface area contributed by atoms with Crippen LogP contribution in [0.3, 0.4) is 0 Å². The molecule has 1 aliphatic rings.